The summed E-state index contributed by atoms with van der Waals surface area (Å²) in [6.07, 6.45) is 1.38. The van der Waals surface area contributed by atoms with Crippen molar-refractivity contribution in [3.05, 3.63) is 74.7 Å². The highest BCUT2D eigenvalue weighted by Crippen LogP contribution is 2.38. The molecule has 0 unspecified atom stereocenters. The molecule has 0 saturated carbocycles. The van der Waals surface area contributed by atoms with E-state index < -0.39 is 11.5 Å². The Hall–Kier alpha value is -3.96. The molecule has 1 N–H and O–H groups in total. The van der Waals surface area contributed by atoms with E-state index in [-0.39, 0.29) is 11.3 Å². The molecule has 2 heterocycles. The van der Waals surface area contributed by atoms with Crippen molar-refractivity contribution in [1.82, 2.24) is 9.36 Å². The average molecular weight is 451 g/mol. The van der Waals surface area contributed by atoms with E-state index in [1.807, 2.05) is 24.3 Å². The molecule has 4 rings (SSSR count). The third-order valence-electron chi connectivity index (χ3n) is 5.09. The van der Waals surface area contributed by atoms with Crippen molar-refractivity contribution in [2.75, 3.05) is 18.5 Å². The van der Waals surface area contributed by atoms with Gasteiger partial charge < -0.3 is 14.8 Å². The van der Waals surface area contributed by atoms with Gasteiger partial charge in [0, 0.05) is 7.05 Å². The largest absolute Gasteiger partial charge is 0.486 e. The SMILES string of the molecule is Cc1c(NC(=O)/C(C#N)=C/c2cc(Cl)c3c(c2)OCCO3)c(=O)n(-c2ccccc2)n1C. The van der Waals surface area contributed by atoms with Crippen molar-refractivity contribution in [3.8, 4) is 23.3 Å². The molecule has 162 valence electrons. The van der Waals surface area contributed by atoms with E-state index in [2.05, 4.69) is 5.32 Å². The number of carbonyl (C=O) groups excluding carboxylic acids is 1. The van der Waals surface area contributed by atoms with Crippen molar-refractivity contribution < 1.29 is 14.3 Å². The number of nitriles is 1. The van der Waals surface area contributed by atoms with E-state index in [0.29, 0.717) is 46.7 Å². The summed E-state index contributed by atoms with van der Waals surface area (Å²) in [7, 11) is 1.72. The number of hydrogen-bond acceptors (Lipinski definition) is 5. The molecule has 1 aliphatic rings. The van der Waals surface area contributed by atoms with Crippen molar-refractivity contribution in [1.29, 1.82) is 5.26 Å². The summed E-state index contributed by atoms with van der Waals surface area (Å²) >= 11 is 6.24. The van der Waals surface area contributed by atoms with Gasteiger partial charge >= 0.3 is 0 Å². The first-order valence-electron chi connectivity index (χ1n) is 9.77. The Morgan fingerprint density at radius 1 is 1.22 bits per heavy atom. The fourth-order valence-corrected chi connectivity index (χ4v) is 3.70. The summed E-state index contributed by atoms with van der Waals surface area (Å²) in [5.74, 6) is 0.168. The van der Waals surface area contributed by atoms with Crippen LogP contribution in [0.25, 0.3) is 11.8 Å². The van der Waals surface area contributed by atoms with Gasteiger partial charge in [-0.05, 0) is 42.8 Å². The van der Waals surface area contributed by atoms with Gasteiger partial charge in [0.15, 0.2) is 11.5 Å². The highest BCUT2D eigenvalue weighted by atomic mass is 35.5. The number of fused-ring (bicyclic) bond motifs is 1. The Morgan fingerprint density at radius 2 is 1.94 bits per heavy atom. The van der Waals surface area contributed by atoms with Gasteiger partial charge in [-0.2, -0.15) is 5.26 Å². The average Bonchev–Trinajstić information content (AvgIpc) is 3.01. The predicted molar refractivity (Wildman–Crippen MR) is 120 cm³/mol. The maximum absolute atomic E-state index is 13.0. The Kier molecular flexibility index (Phi) is 5.75. The zero-order valence-electron chi connectivity index (χ0n) is 17.4. The van der Waals surface area contributed by atoms with E-state index in [4.69, 9.17) is 21.1 Å². The van der Waals surface area contributed by atoms with Gasteiger partial charge in [0.1, 0.15) is 30.5 Å². The van der Waals surface area contributed by atoms with Crippen LogP contribution in [0, 0.1) is 18.3 Å². The lowest BCUT2D eigenvalue weighted by Gasteiger charge is -2.19. The lowest BCUT2D eigenvalue weighted by Crippen LogP contribution is -2.23. The van der Waals surface area contributed by atoms with Crippen LogP contribution < -0.4 is 20.3 Å². The van der Waals surface area contributed by atoms with E-state index in [1.165, 1.54) is 10.8 Å². The zero-order chi connectivity index (χ0) is 22.8. The first kappa shape index (κ1) is 21.3. The number of halogens is 1. The molecule has 0 spiro atoms. The minimum absolute atomic E-state index is 0.0997. The molecule has 1 amide bonds. The lowest BCUT2D eigenvalue weighted by molar-refractivity contribution is -0.112. The van der Waals surface area contributed by atoms with Crippen LogP contribution in [0.2, 0.25) is 5.02 Å². The summed E-state index contributed by atoms with van der Waals surface area (Å²) < 4.78 is 14.1. The van der Waals surface area contributed by atoms with Gasteiger partial charge in [-0.1, -0.05) is 29.8 Å². The first-order chi connectivity index (χ1) is 15.4. The number of nitrogens with zero attached hydrogens (tertiary/aromatic N) is 3. The summed E-state index contributed by atoms with van der Waals surface area (Å²) in [5.41, 5.74) is 1.22. The number of anilines is 1. The number of carbonyl (C=O) groups is 1. The number of aromatic nitrogens is 2. The zero-order valence-corrected chi connectivity index (χ0v) is 18.1. The smallest absolute Gasteiger partial charge is 0.295 e. The maximum Gasteiger partial charge on any atom is 0.295 e. The highest BCUT2D eigenvalue weighted by molar-refractivity contribution is 6.32. The maximum atomic E-state index is 13.0. The van der Waals surface area contributed by atoms with E-state index in [1.54, 1.807) is 42.9 Å². The van der Waals surface area contributed by atoms with E-state index in [9.17, 15) is 14.9 Å². The molecular weight excluding hydrogens is 432 g/mol. The number of para-hydroxylation sites is 1. The topological polar surface area (TPSA) is 98.3 Å². The van der Waals surface area contributed by atoms with Crippen molar-refractivity contribution >= 4 is 29.3 Å². The van der Waals surface area contributed by atoms with Crippen LogP contribution in [0.3, 0.4) is 0 Å². The minimum atomic E-state index is -0.704. The molecular formula is C23H19ClN4O4. The van der Waals surface area contributed by atoms with Gasteiger partial charge in [0.05, 0.1) is 16.4 Å². The van der Waals surface area contributed by atoms with Crippen molar-refractivity contribution in [2.24, 2.45) is 7.05 Å². The second kappa shape index (κ2) is 8.65. The Morgan fingerprint density at radius 3 is 2.66 bits per heavy atom. The molecule has 0 saturated heterocycles. The normalized spacial score (nSPS) is 12.9. The Balaban J connectivity index is 1.66. The lowest BCUT2D eigenvalue weighted by atomic mass is 10.1. The standard InChI is InChI=1S/C23H19ClN4O4/c1-14-20(23(30)28(27(14)2)17-6-4-3-5-7-17)26-22(29)16(13-25)10-15-11-18(24)21-19(12-15)31-8-9-32-21/h3-7,10-12H,8-9H2,1-2H3,(H,26,29)/b16-10+. The van der Waals surface area contributed by atoms with Crippen LogP contribution in [0.4, 0.5) is 5.69 Å². The summed E-state index contributed by atoms with van der Waals surface area (Å²) in [6, 6.07) is 14.2. The molecule has 0 bridgehead atoms. The number of hydrogen-bond donors (Lipinski definition) is 1. The third kappa shape index (κ3) is 3.86. The molecule has 2 aromatic carbocycles. The quantitative estimate of drug-likeness (QED) is 0.485. The molecule has 0 atom stereocenters. The van der Waals surface area contributed by atoms with Crippen LogP contribution in [-0.4, -0.2) is 28.5 Å². The van der Waals surface area contributed by atoms with Gasteiger partial charge in [0.25, 0.3) is 11.5 Å². The molecule has 32 heavy (non-hydrogen) atoms. The molecule has 1 aromatic heterocycles. The molecule has 0 radical (unpaired) electrons. The summed E-state index contributed by atoms with van der Waals surface area (Å²) in [5, 5.41) is 12.5. The second-order valence-corrected chi connectivity index (χ2v) is 7.49. The first-order valence-corrected chi connectivity index (χ1v) is 10.1. The summed E-state index contributed by atoms with van der Waals surface area (Å²) in [6.45, 7) is 2.49. The Labute approximate surface area is 188 Å². The minimum Gasteiger partial charge on any atom is -0.486 e. The van der Waals surface area contributed by atoms with Crippen LogP contribution >= 0.6 is 11.6 Å². The van der Waals surface area contributed by atoms with Crippen LogP contribution in [0.5, 0.6) is 11.5 Å². The molecule has 8 nitrogen and oxygen atoms in total. The van der Waals surface area contributed by atoms with Gasteiger partial charge in [0.2, 0.25) is 0 Å². The second-order valence-electron chi connectivity index (χ2n) is 7.09. The van der Waals surface area contributed by atoms with Gasteiger partial charge in [-0.15, -0.1) is 0 Å². The number of amides is 1. The highest BCUT2D eigenvalue weighted by Gasteiger charge is 2.21. The van der Waals surface area contributed by atoms with Gasteiger partial charge in [-0.3, -0.25) is 14.3 Å². The van der Waals surface area contributed by atoms with Crippen LogP contribution in [0.15, 0.2) is 52.8 Å². The summed E-state index contributed by atoms with van der Waals surface area (Å²) in [4.78, 5) is 25.8. The van der Waals surface area contributed by atoms with Gasteiger partial charge in [-0.25, -0.2) is 4.68 Å². The van der Waals surface area contributed by atoms with E-state index >= 15 is 0 Å². The Bertz CT molecular complexity index is 1330. The fourth-order valence-electron chi connectivity index (χ4n) is 3.42. The molecule has 0 fully saturated rings. The molecule has 1 aliphatic heterocycles. The van der Waals surface area contributed by atoms with E-state index in [0.717, 1.165) is 0 Å². The van der Waals surface area contributed by atoms with Crippen molar-refractivity contribution in [3.63, 3.8) is 0 Å². The van der Waals surface area contributed by atoms with Crippen molar-refractivity contribution in [2.45, 2.75) is 6.92 Å². The predicted octanol–water partition coefficient (Wildman–Crippen LogP) is 3.45. The number of nitrogens with one attached hydrogen (secondary N) is 1. The molecule has 3 aromatic rings. The number of rotatable bonds is 4. The monoisotopic (exact) mass is 450 g/mol. The number of ether oxygens (including phenoxy) is 2. The van der Waals surface area contributed by atoms with Crippen LogP contribution in [0.1, 0.15) is 11.3 Å². The molecule has 0 aliphatic carbocycles. The number of benzene rings is 2. The molecule has 9 heteroatoms. The fraction of sp³-hybridized carbons (Fsp3) is 0.174. The third-order valence-corrected chi connectivity index (χ3v) is 5.37. The van der Waals surface area contributed by atoms with Crippen LogP contribution in [-0.2, 0) is 11.8 Å².